The molecule has 104 valence electrons. The summed E-state index contributed by atoms with van der Waals surface area (Å²) < 4.78 is 10.6. The van der Waals surface area contributed by atoms with E-state index in [1.807, 2.05) is 18.4 Å². The van der Waals surface area contributed by atoms with E-state index >= 15 is 0 Å². The lowest BCUT2D eigenvalue weighted by Crippen LogP contribution is -2.05. The maximum atomic E-state index is 12.7. The number of carbonyl (C=O) groups excluding carboxylic acids is 1. The fourth-order valence-corrected chi connectivity index (χ4v) is 2.62. The molecular weight excluding hydrogens is 274 g/mol. The number of nitrogens with zero attached hydrogens (tertiary/aromatic N) is 1. The summed E-state index contributed by atoms with van der Waals surface area (Å²) in [6.45, 7) is 0. The zero-order valence-electron chi connectivity index (χ0n) is 11.4. The predicted molar refractivity (Wildman–Crippen MR) is 76.7 cm³/mol. The summed E-state index contributed by atoms with van der Waals surface area (Å²) in [5.41, 5.74) is 1.11. The van der Waals surface area contributed by atoms with Crippen molar-refractivity contribution in [1.29, 1.82) is 0 Å². The van der Waals surface area contributed by atoms with Gasteiger partial charge >= 0.3 is 0 Å². The van der Waals surface area contributed by atoms with Gasteiger partial charge in [-0.15, -0.1) is 11.8 Å². The van der Waals surface area contributed by atoms with E-state index in [2.05, 4.69) is 5.16 Å². The molecule has 0 saturated heterocycles. The minimum absolute atomic E-state index is 0.0855. The summed E-state index contributed by atoms with van der Waals surface area (Å²) in [5.74, 6) is 1.57. The van der Waals surface area contributed by atoms with E-state index in [0.29, 0.717) is 28.6 Å². The molecule has 0 amide bonds. The molecule has 0 aliphatic heterocycles. The van der Waals surface area contributed by atoms with Crippen molar-refractivity contribution in [2.75, 3.05) is 13.4 Å². The lowest BCUT2D eigenvalue weighted by Gasteiger charge is -2.08. The van der Waals surface area contributed by atoms with Gasteiger partial charge in [-0.2, -0.15) is 0 Å². The fourth-order valence-electron chi connectivity index (χ4n) is 2.19. The maximum Gasteiger partial charge on any atom is 0.201 e. The number of ketones is 1. The summed E-state index contributed by atoms with van der Waals surface area (Å²) in [6.07, 6.45) is 5.63. The van der Waals surface area contributed by atoms with Crippen LogP contribution in [-0.4, -0.2) is 24.3 Å². The molecule has 2 aromatic rings. The first-order valence-corrected chi connectivity index (χ1v) is 7.68. The monoisotopic (exact) mass is 289 g/mol. The Morgan fingerprint density at radius 3 is 2.85 bits per heavy atom. The summed E-state index contributed by atoms with van der Waals surface area (Å²) in [7, 11) is 1.58. The molecule has 1 aliphatic carbocycles. The lowest BCUT2D eigenvalue weighted by molar-refractivity contribution is 0.103. The molecule has 1 fully saturated rings. The SMILES string of the molecule is COc1cc(SC)ccc1C(=O)c1cnoc1C1CC1. The van der Waals surface area contributed by atoms with Crippen LogP contribution in [0.25, 0.3) is 0 Å². The third-order valence-corrected chi connectivity index (χ3v) is 4.17. The van der Waals surface area contributed by atoms with Gasteiger partial charge in [-0.1, -0.05) is 5.16 Å². The molecule has 1 heterocycles. The molecule has 20 heavy (non-hydrogen) atoms. The highest BCUT2D eigenvalue weighted by Crippen LogP contribution is 2.42. The molecule has 0 bridgehead atoms. The molecule has 0 N–H and O–H groups in total. The Kier molecular flexibility index (Phi) is 3.53. The highest BCUT2D eigenvalue weighted by molar-refractivity contribution is 7.98. The van der Waals surface area contributed by atoms with Gasteiger partial charge in [0.1, 0.15) is 5.75 Å². The van der Waals surface area contributed by atoms with E-state index in [0.717, 1.165) is 17.7 Å². The van der Waals surface area contributed by atoms with Crippen LogP contribution in [0.5, 0.6) is 5.75 Å². The lowest BCUT2D eigenvalue weighted by atomic mass is 10.0. The van der Waals surface area contributed by atoms with E-state index in [4.69, 9.17) is 9.26 Å². The van der Waals surface area contributed by atoms with Crippen LogP contribution in [0.2, 0.25) is 0 Å². The van der Waals surface area contributed by atoms with Crippen molar-refractivity contribution in [3.05, 3.63) is 41.3 Å². The number of hydrogen-bond donors (Lipinski definition) is 0. The molecule has 1 aromatic heterocycles. The van der Waals surface area contributed by atoms with E-state index in [-0.39, 0.29) is 5.78 Å². The van der Waals surface area contributed by atoms with E-state index in [1.54, 1.807) is 24.9 Å². The van der Waals surface area contributed by atoms with Gasteiger partial charge in [0.05, 0.1) is 24.4 Å². The highest BCUT2D eigenvalue weighted by Gasteiger charge is 2.33. The molecule has 0 atom stereocenters. The van der Waals surface area contributed by atoms with E-state index < -0.39 is 0 Å². The predicted octanol–water partition coefficient (Wildman–Crippen LogP) is 3.51. The van der Waals surface area contributed by atoms with Crippen LogP contribution in [0, 0.1) is 0 Å². The van der Waals surface area contributed by atoms with Crippen molar-refractivity contribution < 1.29 is 14.1 Å². The second-order valence-electron chi connectivity index (χ2n) is 4.77. The first-order chi connectivity index (χ1) is 9.74. The molecule has 3 rings (SSSR count). The van der Waals surface area contributed by atoms with Crippen LogP contribution >= 0.6 is 11.8 Å². The van der Waals surface area contributed by atoms with Gasteiger partial charge in [-0.25, -0.2) is 0 Å². The Hall–Kier alpha value is -1.75. The zero-order valence-corrected chi connectivity index (χ0v) is 12.2. The Balaban J connectivity index is 1.99. The van der Waals surface area contributed by atoms with Crippen molar-refractivity contribution in [2.24, 2.45) is 0 Å². The minimum atomic E-state index is -0.0855. The van der Waals surface area contributed by atoms with Crippen molar-refractivity contribution in [3.8, 4) is 5.75 Å². The Bertz CT molecular complexity index is 646. The maximum absolute atomic E-state index is 12.7. The molecule has 1 saturated carbocycles. The van der Waals surface area contributed by atoms with Gasteiger partial charge in [0, 0.05) is 10.8 Å². The average molecular weight is 289 g/mol. The van der Waals surface area contributed by atoms with Crippen LogP contribution in [0.15, 0.2) is 33.8 Å². The van der Waals surface area contributed by atoms with Gasteiger partial charge in [0.25, 0.3) is 0 Å². The van der Waals surface area contributed by atoms with Crippen molar-refractivity contribution in [3.63, 3.8) is 0 Å². The number of benzene rings is 1. The quantitative estimate of drug-likeness (QED) is 0.622. The molecule has 0 unspecified atom stereocenters. The summed E-state index contributed by atoms with van der Waals surface area (Å²) in [4.78, 5) is 13.7. The molecule has 5 heteroatoms. The van der Waals surface area contributed by atoms with Crippen molar-refractivity contribution in [1.82, 2.24) is 5.16 Å². The zero-order chi connectivity index (χ0) is 14.1. The minimum Gasteiger partial charge on any atom is -0.496 e. The third-order valence-electron chi connectivity index (χ3n) is 3.44. The number of methoxy groups -OCH3 is 1. The number of aromatic nitrogens is 1. The largest absolute Gasteiger partial charge is 0.496 e. The van der Waals surface area contributed by atoms with Gasteiger partial charge in [0.2, 0.25) is 5.78 Å². The third kappa shape index (κ3) is 2.33. The van der Waals surface area contributed by atoms with Crippen LogP contribution in [0.4, 0.5) is 0 Å². The summed E-state index contributed by atoms with van der Waals surface area (Å²) >= 11 is 1.61. The van der Waals surface area contributed by atoms with Crippen LogP contribution in [0.3, 0.4) is 0 Å². The molecular formula is C15H15NO3S. The smallest absolute Gasteiger partial charge is 0.201 e. The van der Waals surface area contributed by atoms with Gasteiger partial charge < -0.3 is 9.26 Å². The van der Waals surface area contributed by atoms with Crippen molar-refractivity contribution >= 4 is 17.5 Å². The number of carbonyl (C=O) groups is 1. The fraction of sp³-hybridized carbons (Fsp3) is 0.333. The number of thioether (sulfide) groups is 1. The van der Waals surface area contributed by atoms with Crippen molar-refractivity contribution in [2.45, 2.75) is 23.7 Å². The standard InChI is InChI=1S/C15H15NO3S/c1-18-13-7-10(20-2)5-6-11(13)14(17)12-8-16-19-15(12)9-3-4-9/h5-9H,3-4H2,1-2H3. The molecule has 4 nitrogen and oxygen atoms in total. The van der Waals surface area contributed by atoms with E-state index in [9.17, 15) is 4.79 Å². The summed E-state index contributed by atoms with van der Waals surface area (Å²) in [5, 5.41) is 3.78. The normalized spacial score (nSPS) is 14.3. The molecule has 0 radical (unpaired) electrons. The van der Waals surface area contributed by atoms with E-state index in [1.165, 1.54) is 6.20 Å². The second kappa shape index (κ2) is 5.32. The Morgan fingerprint density at radius 2 is 2.20 bits per heavy atom. The second-order valence-corrected chi connectivity index (χ2v) is 5.65. The molecule has 0 spiro atoms. The highest BCUT2D eigenvalue weighted by atomic mass is 32.2. The first-order valence-electron chi connectivity index (χ1n) is 6.46. The van der Waals surface area contributed by atoms with Gasteiger partial charge in [0.15, 0.2) is 5.76 Å². The van der Waals surface area contributed by atoms with Crippen LogP contribution in [-0.2, 0) is 0 Å². The topological polar surface area (TPSA) is 52.3 Å². The number of ether oxygens (including phenoxy) is 1. The first kappa shape index (κ1) is 13.2. The van der Waals surface area contributed by atoms with Gasteiger partial charge in [-0.05, 0) is 37.3 Å². The number of hydrogen-bond acceptors (Lipinski definition) is 5. The van der Waals surface area contributed by atoms with Gasteiger partial charge in [-0.3, -0.25) is 4.79 Å². The summed E-state index contributed by atoms with van der Waals surface area (Å²) in [6, 6.07) is 5.60. The Labute approximate surface area is 121 Å². The molecule has 1 aromatic carbocycles. The Morgan fingerprint density at radius 1 is 1.40 bits per heavy atom. The van der Waals surface area contributed by atoms with Crippen LogP contribution < -0.4 is 4.74 Å². The van der Waals surface area contributed by atoms with Crippen LogP contribution in [0.1, 0.15) is 40.4 Å². The molecule has 1 aliphatic rings. The average Bonchev–Trinajstić information content (AvgIpc) is 3.22. The number of rotatable bonds is 5.